The molecule has 5 nitrogen and oxygen atoms in total. The molecular weight excluding hydrogens is 317 g/mol. The van der Waals surface area contributed by atoms with Crippen molar-refractivity contribution in [3.8, 4) is 0 Å². The number of halogens is 1. The summed E-state index contributed by atoms with van der Waals surface area (Å²) in [6.07, 6.45) is 1.43. The van der Waals surface area contributed by atoms with E-state index in [2.05, 4.69) is 15.5 Å². The molecule has 0 spiro atoms. The molecule has 7 heteroatoms. The zero-order valence-corrected chi connectivity index (χ0v) is 12.7. The number of benzene rings is 1. The average Bonchev–Trinajstić information content (AvgIpc) is 3.10. The minimum absolute atomic E-state index is 0.210. The van der Waals surface area contributed by atoms with E-state index in [1.54, 1.807) is 36.4 Å². The van der Waals surface area contributed by atoms with Gasteiger partial charge in [0.05, 0.1) is 6.26 Å². The number of aromatic nitrogens is 2. The van der Waals surface area contributed by atoms with Crippen molar-refractivity contribution in [2.24, 2.45) is 0 Å². The van der Waals surface area contributed by atoms with Crippen LogP contribution in [0.5, 0.6) is 0 Å². The van der Waals surface area contributed by atoms with Gasteiger partial charge in [-0.2, -0.15) is 0 Å². The summed E-state index contributed by atoms with van der Waals surface area (Å²) in [7, 11) is 0. The lowest BCUT2D eigenvalue weighted by molar-refractivity contribution is 0.0996. The summed E-state index contributed by atoms with van der Waals surface area (Å²) in [6.45, 7) is 0. The molecule has 0 aliphatic carbocycles. The predicted molar refractivity (Wildman–Crippen MR) is 84.7 cm³/mol. The van der Waals surface area contributed by atoms with Gasteiger partial charge in [0.25, 0.3) is 5.91 Å². The second kappa shape index (κ2) is 7.06. The Morgan fingerprint density at radius 3 is 2.61 bits per heavy atom. The highest BCUT2D eigenvalue weighted by Gasteiger charge is 2.09. The van der Waals surface area contributed by atoms with Crippen molar-refractivity contribution >= 4 is 23.5 Å². The first kappa shape index (κ1) is 15.2. The molecule has 0 aliphatic rings. The Morgan fingerprint density at radius 2 is 1.96 bits per heavy atom. The fraction of sp³-hybridized carbons (Fsp3) is 0.0625. The number of nitrogens with one attached hydrogen (secondary N) is 1. The van der Waals surface area contributed by atoms with Crippen molar-refractivity contribution < 1.29 is 13.6 Å². The molecule has 3 aromatic rings. The number of furan rings is 1. The minimum Gasteiger partial charge on any atom is -0.459 e. The van der Waals surface area contributed by atoms with Crippen LogP contribution >= 0.6 is 11.8 Å². The highest BCUT2D eigenvalue weighted by atomic mass is 32.2. The Labute approximate surface area is 135 Å². The monoisotopic (exact) mass is 329 g/mol. The van der Waals surface area contributed by atoms with Crippen LogP contribution in [0.2, 0.25) is 0 Å². The molecule has 1 aromatic carbocycles. The molecule has 0 fully saturated rings. The minimum atomic E-state index is -0.379. The van der Waals surface area contributed by atoms with Crippen molar-refractivity contribution in [3.63, 3.8) is 0 Å². The molecule has 0 saturated carbocycles. The topological polar surface area (TPSA) is 68.0 Å². The Kier molecular flexibility index (Phi) is 4.68. The molecule has 2 aromatic heterocycles. The van der Waals surface area contributed by atoms with E-state index in [0.29, 0.717) is 16.6 Å². The maximum atomic E-state index is 12.8. The molecule has 0 bridgehead atoms. The van der Waals surface area contributed by atoms with Crippen molar-refractivity contribution in [2.45, 2.75) is 10.8 Å². The van der Waals surface area contributed by atoms with E-state index in [1.165, 1.54) is 30.2 Å². The Hall–Kier alpha value is -2.67. The smallest absolute Gasteiger partial charge is 0.292 e. The highest BCUT2D eigenvalue weighted by molar-refractivity contribution is 7.98. The summed E-state index contributed by atoms with van der Waals surface area (Å²) in [5.74, 6) is 0.581. The number of anilines is 1. The zero-order chi connectivity index (χ0) is 16.1. The van der Waals surface area contributed by atoms with Crippen LogP contribution in [0.1, 0.15) is 16.1 Å². The summed E-state index contributed by atoms with van der Waals surface area (Å²) >= 11 is 1.48. The Bertz CT molecular complexity index is 774. The third kappa shape index (κ3) is 4.17. The first-order valence-electron chi connectivity index (χ1n) is 6.76. The zero-order valence-electron chi connectivity index (χ0n) is 11.9. The molecule has 0 saturated heterocycles. The van der Waals surface area contributed by atoms with Gasteiger partial charge < -0.3 is 9.73 Å². The summed E-state index contributed by atoms with van der Waals surface area (Å²) in [6, 6.07) is 12.9. The van der Waals surface area contributed by atoms with Gasteiger partial charge >= 0.3 is 0 Å². The second-order valence-electron chi connectivity index (χ2n) is 4.60. The van der Waals surface area contributed by atoms with Gasteiger partial charge in [0, 0.05) is 5.75 Å². The van der Waals surface area contributed by atoms with Crippen LogP contribution in [0.25, 0.3) is 0 Å². The van der Waals surface area contributed by atoms with Crippen LogP contribution in [0.4, 0.5) is 10.2 Å². The van der Waals surface area contributed by atoms with Crippen molar-refractivity contribution in [2.75, 3.05) is 5.32 Å². The van der Waals surface area contributed by atoms with Gasteiger partial charge in [0.15, 0.2) is 11.6 Å². The van der Waals surface area contributed by atoms with Gasteiger partial charge in [-0.25, -0.2) is 4.39 Å². The summed E-state index contributed by atoms with van der Waals surface area (Å²) < 4.78 is 17.8. The molecule has 0 aliphatic heterocycles. The number of amides is 1. The maximum Gasteiger partial charge on any atom is 0.292 e. The number of hydrogen-bond acceptors (Lipinski definition) is 5. The molecule has 0 atom stereocenters. The Balaban J connectivity index is 1.56. The van der Waals surface area contributed by atoms with Crippen molar-refractivity contribution in [3.05, 3.63) is 71.9 Å². The number of thioether (sulfide) groups is 1. The van der Waals surface area contributed by atoms with Gasteiger partial charge in [0.1, 0.15) is 10.8 Å². The number of carbonyl (C=O) groups excluding carboxylic acids is 1. The fourth-order valence-corrected chi connectivity index (χ4v) is 2.56. The third-order valence-electron chi connectivity index (χ3n) is 2.93. The molecule has 2 heterocycles. The molecular formula is C16H12FN3O2S. The van der Waals surface area contributed by atoms with Gasteiger partial charge in [-0.1, -0.05) is 23.9 Å². The molecule has 1 N–H and O–H groups in total. The van der Waals surface area contributed by atoms with Crippen LogP contribution < -0.4 is 5.32 Å². The highest BCUT2D eigenvalue weighted by Crippen LogP contribution is 2.21. The van der Waals surface area contributed by atoms with Crippen molar-refractivity contribution in [1.82, 2.24) is 10.2 Å². The molecule has 116 valence electrons. The van der Waals surface area contributed by atoms with E-state index in [4.69, 9.17) is 4.42 Å². The quantitative estimate of drug-likeness (QED) is 0.722. The number of rotatable bonds is 5. The molecule has 23 heavy (non-hydrogen) atoms. The summed E-state index contributed by atoms with van der Waals surface area (Å²) in [4.78, 5) is 11.8. The molecule has 3 rings (SSSR count). The van der Waals surface area contributed by atoms with Crippen LogP contribution in [0.15, 0.2) is 64.2 Å². The predicted octanol–water partition coefficient (Wildman–Crippen LogP) is 3.75. The number of carbonyl (C=O) groups is 1. The van der Waals surface area contributed by atoms with E-state index >= 15 is 0 Å². The van der Waals surface area contributed by atoms with Crippen LogP contribution in [-0.4, -0.2) is 16.1 Å². The fourth-order valence-electron chi connectivity index (χ4n) is 1.79. The largest absolute Gasteiger partial charge is 0.459 e. The first-order valence-corrected chi connectivity index (χ1v) is 7.75. The van der Waals surface area contributed by atoms with E-state index in [1.807, 2.05) is 0 Å². The van der Waals surface area contributed by atoms with E-state index in [9.17, 15) is 9.18 Å². The average molecular weight is 329 g/mol. The van der Waals surface area contributed by atoms with Gasteiger partial charge in [-0.05, 0) is 42.0 Å². The lowest BCUT2D eigenvalue weighted by Gasteiger charge is -2.03. The maximum absolute atomic E-state index is 12.8. The van der Waals surface area contributed by atoms with Gasteiger partial charge in [0.2, 0.25) is 0 Å². The molecule has 1 amide bonds. The second-order valence-corrected chi connectivity index (χ2v) is 5.60. The summed E-state index contributed by atoms with van der Waals surface area (Å²) in [5, 5.41) is 11.3. The van der Waals surface area contributed by atoms with E-state index < -0.39 is 0 Å². The Morgan fingerprint density at radius 1 is 1.13 bits per heavy atom. The van der Waals surface area contributed by atoms with Gasteiger partial charge in [-0.3, -0.25) is 4.79 Å². The van der Waals surface area contributed by atoms with Crippen LogP contribution in [-0.2, 0) is 5.75 Å². The standard InChI is InChI=1S/C16H12FN3O2S/c17-12-5-3-11(4-6-12)10-23-15-8-7-14(19-20-15)18-16(21)13-2-1-9-22-13/h1-9H,10H2,(H,18,19,21). The normalized spacial score (nSPS) is 10.5. The lowest BCUT2D eigenvalue weighted by atomic mass is 10.2. The number of nitrogens with zero attached hydrogens (tertiary/aromatic N) is 2. The molecule has 0 radical (unpaired) electrons. The van der Waals surface area contributed by atoms with Crippen LogP contribution in [0.3, 0.4) is 0 Å². The lowest BCUT2D eigenvalue weighted by Crippen LogP contribution is -2.12. The van der Waals surface area contributed by atoms with E-state index in [0.717, 1.165) is 5.56 Å². The molecule has 0 unspecified atom stereocenters. The third-order valence-corrected chi connectivity index (χ3v) is 3.92. The van der Waals surface area contributed by atoms with Gasteiger partial charge in [-0.15, -0.1) is 10.2 Å². The number of hydrogen-bond donors (Lipinski definition) is 1. The SMILES string of the molecule is O=C(Nc1ccc(SCc2ccc(F)cc2)nn1)c1ccco1. The first-order chi connectivity index (χ1) is 11.2. The van der Waals surface area contributed by atoms with E-state index in [-0.39, 0.29) is 17.5 Å². The van der Waals surface area contributed by atoms with Crippen molar-refractivity contribution in [1.29, 1.82) is 0 Å². The van der Waals surface area contributed by atoms with Crippen LogP contribution in [0, 0.1) is 5.82 Å². The summed E-state index contributed by atoms with van der Waals surface area (Å²) in [5.41, 5.74) is 0.994.